The zero-order chi connectivity index (χ0) is 28.7. The third-order valence-electron chi connectivity index (χ3n) is 5.82. The highest BCUT2D eigenvalue weighted by Crippen LogP contribution is 2.31. The molecular formula is C26H29N3O9S. The molecule has 12 nitrogen and oxygen atoms in total. The summed E-state index contributed by atoms with van der Waals surface area (Å²) in [6.07, 6.45) is 2.13. The van der Waals surface area contributed by atoms with Crippen LogP contribution in [0, 0.1) is 6.92 Å². The molecule has 1 aliphatic heterocycles. The molecular weight excluding hydrogens is 530 g/mol. The van der Waals surface area contributed by atoms with Crippen molar-refractivity contribution < 1.29 is 42.5 Å². The van der Waals surface area contributed by atoms with E-state index in [1.54, 1.807) is 25.1 Å². The van der Waals surface area contributed by atoms with Gasteiger partial charge in [-0.25, -0.2) is 17.9 Å². The molecule has 0 saturated heterocycles. The number of aromatic hydroxyl groups is 1. The molecule has 0 aromatic heterocycles. The Kier molecular flexibility index (Phi) is 9.30. The Bertz CT molecular complexity index is 1420. The minimum Gasteiger partial charge on any atom is -0.507 e. The van der Waals surface area contributed by atoms with Crippen LogP contribution in [-0.2, 0) is 30.8 Å². The third kappa shape index (κ3) is 7.57. The standard InChI is InChI=1S/C26H29N3O9S/c1-15-5-10-20(31)23(26(34)35)24(15)38-12-4-3-11-27-25(33)19(28-16(2)30)13-17-6-8-18(9-7-17)21-14-22(32)29-39(21,36)37/h5-10,14,19,31H,3-4,11-13H2,1-2H3,(H,27,33)(H,28,30)(H,29,32)(H,34,35)/t19-/m0/s1. The lowest BCUT2D eigenvalue weighted by atomic mass is 10.0. The van der Waals surface area contributed by atoms with Crippen molar-refractivity contribution in [2.24, 2.45) is 0 Å². The lowest BCUT2D eigenvalue weighted by molar-refractivity contribution is -0.128. The van der Waals surface area contributed by atoms with Gasteiger partial charge in [0.15, 0.2) is 0 Å². The van der Waals surface area contributed by atoms with Crippen LogP contribution >= 0.6 is 0 Å². The predicted octanol–water partition coefficient (Wildman–Crippen LogP) is 1.22. The molecule has 0 unspecified atom stereocenters. The fraction of sp³-hybridized carbons (Fsp3) is 0.308. The van der Waals surface area contributed by atoms with Gasteiger partial charge in [0.2, 0.25) is 11.8 Å². The van der Waals surface area contributed by atoms with Gasteiger partial charge in [0.1, 0.15) is 28.0 Å². The van der Waals surface area contributed by atoms with E-state index >= 15 is 0 Å². The Labute approximate surface area is 225 Å². The number of hydrogen-bond donors (Lipinski definition) is 5. The largest absolute Gasteiger partial charge is 0.507 e. The number of carboxylic acid groups (broad SMARTS) is 1. The second-order valence-corrected chi connectivity index (χ2v) is 10.5. The van der Waals surface area contributed by atoms with Gasteiger partial charge in [0, 0.05) is 26.0 Å². The van der Waals surface area contributed by atoms with Crippen LogP contribution in [0.1, 0.15) is 46.8 Å². The van der Waals surface area contributed by atoms with E-state index in [9.17, 15) is 37.8 Å². The number of carbonyl (C=O) groups excluding carboxylic acids is 3. The van der Waals surface area contributed by atoms with Crippen LogP contribution in [0.15, 0.2) is 42.5 Å². The number of ether oxygens (including phenoxy) is 1. The van der Waals surface area contributed by atoms with E-state index in [2.05, 4.69) is 10.6 Å². The molecule has 1 aliphatic rings. The van der Waals surface area contributed by atoms with E-state index in [4.69, 9.17) is 4.74 Å². The Balaban J connectivity index is 1.52. The van der Waals surface area contributed by atoms with Gasteiger partial charge in [-0.05, 0) is 42.5 Å². The average Bonchev–Trinajstić information content (AvgIpc) is 3.14. The fourth-order valence-electron chi connectivity index (χ4n) is 3.95. The zero-order valence-electron chi connectivity index (χ0n) is 21.3. The Morgan fingerprint density at radius 3 is 2.36 bits per heavy atom. The Hall–Kier alpha value is -4.39. The highest BCUT2D eigenvalue weighted by molar-refractivity contribution is 7.99. The van der Waals surface area contributed by atoms with Gasteiger partial charge >= 0.3 is 5.97 Å². The molecule has 1 heterocycles. The number of sulfonamides is 1. The van der Waals surface area contributed by atoms with Gasteiger partial charge in [-0.15, -0.1) is 0 Å². The van der Waals surface area contributed by atoms with Crippen molar-refractivity contribution in [2.75, 3.05) is 13.2 Å². The van der Waals surface area contributed by atoms with E-state index in [1.165, 1.54) is 25.1 Å². The molecule has 3 amide bonds. The summed E-state index contributed by atoms with van der Waals surface area (Å²) in [5, 5.41) is 24.5. The summed E-state index contributed by atoms with van der Waals surface area (Å²) in [7, 11) is -3.90. The van der Waals surface area contributed by atoms with Crippen molar-refractivity contribution in [1.29, 1.82) is 0 Å². The zero-order valence-corrected chi connectivity index (χ0v) is 22.1. The van der Waals surface area contributed by atoms with Gasteiger partial charge in [0.05, 0.1) is 6.61 Å². The molecule has 0 radical (unpaired) electrons. The molecule has 0 bridgehead atoms. The summed E-state index contributed by atoms with van der Waals surface area (Å²) < 4.78 is 31.5. The highest BCUT2D eigenvalue weighted by Gasteiger charge is 2.29. The average molecular weight is 560 g/mol. The molecule has 2 aromatic rings. The maximum absolute atomic E-state index is 12.8. The number of benzene rings is 2. The lowest BCUT2D eigenvalue weighted by Gasteiger charge is -2.18. The fourth-order valence-corrected chi connectivity index (χ4v) is 5.09. The highest BCUT2D eigenvalue weighted by atomic mass is 32.2. The van der Waals surface area contributed by atoms with Crippen LogP contribution < -0.4 is 20.1 Å². The maximum atomic E-state index is 12.8. The first-order chi connectivity index (χ1) is 18.4. The summed E-state index contributed by atoms with van der Waals surface area (Å²) in [5.74, 6) is -3.13. The van der Waals surface area contributed by atoms with E-state index in [0.717, 1.165) is 6.08 Å². The number of rotatable bonds is 12. The third-order valence-corrected chi connectivity index (χ3v) is 7.22. The molecule has 0 saturated carbocycles. The molecule has 1 atom stereocenters. The molecule has 0 spiro atoms. The number of hydrogen-bond acceptors (Lipinski definition) is 8. The molecule has 3 rings (SSSR count). The Morgan fingerprint density at radius 1 is 1.08 bits per heavy atom. The van der Waals surface area contributed by atoms with Gasteiger partial charge in [-0.3, -0.25) is 14.4 Å². The van der Waals surface area contributed by atoms with Crippen molar-refractivity contribution in [3.8, 4) is 11.5 Å². The van der Waals surface area contributed by atoms with Crippen molar-refractivity contribution in [1.82, 2.24) is 15.4 Å². The van der Waals surface area contributed by atoms with E-state index < -0.39 is 39.8 Å². The first-order valence-corrected chi connectivity index (χ1v) is 13.5. The molecule has 13 heteroatoms. The monoisotopic (exact) mass is 559 g/mol. The number of phenols is 1. The maximum Gasteiger partial charge on any atom is 0.343 e. The number of amides is 3. The van der Waals surface area contributed by atoms with Crippen LogP contribution in [0.25, 0.3) is 4.91 Å². The van der Waals surface area contributed by atoms with Crippen LogP contribution in [0.2, 0.25) is 0 Å². The second kappa shape index (κ2) is 12.4. The van der Waals surface area contributed by atoms with Crippen LogP contribution in [-0.4, -0.2) is 61.5 Å². The quantitative estimate of drug-likeness (QED) is 0.238. The molecule has 2 aromatic carbocycles. The van der Waals surface area contributed by atoms with Crippen LogP contribution in [0.5, 0.6) is 11.5 Å². The smallest absolute Gasteiger partial charge is 0.343 e. The molecule has 39 heavy (non-hydrogen) atoms. The van der Waals surface area contributed by atoms with Crippen molar-refractivity contribution in [3.63, 3.8) is 0 Å². The molecule has 0 aliphatic carbocycles. The van der Waals surface area contributed by atoms with Gasteiger partial charge in [0.25, 0.3) is 15.9 Å². The van der Waals surface area contributed by atoms with Crippen molar-refractivity contribution >= 4 is 38.6 Å². The van der Waals surface area contributed by atoms with E-state index in [0.29, 0.717) is 29.5 Å². The van der Waals surface area contributed by atoms with E-state index in [-0.39, 0.29) is 41.5 Å². The molecule has 208 valence electrons. The van der Waals surface area contributed by atoms with Gasteiger partial charge in [-0.2, -0.15) is 0 Å². The number of carbonyl (C=O) groups is 4. The molecule has 0 fully saturated rings. The summed E-state index contributed by atoms with van der Waals surface area (Å²) in [6, 6.07) is 8.23. The van der Waals surface area contributed by atoms with Gasteiger partial charge < -0.3 is 25.6 Å². The predicted molar refractivity (Wildman–Crippen MR) is 140 cm³/mol. The second-order valence-electron chi connectivity index (χ2n) is 8.89. The van der Waals surface area contributed by atoms with Crippen LogP contribution in [0.4, 0.5) is 0 Å². The number of unbranched alkanes of at least 4 members (excludes halogenated alkanes) is 1. The topological polar surface area (TPSA) is 188 Å². The minimum atomic E-state index is -3.90. The first-order valence-electron chi connectivity index (χ1n) is 12.0. The minimum absolute atomic E-state index is 0.0907. The van der Waals surface area contributed by atoms with Crippen molar-refractivity contribution in [3.05, 3.63) is 64.7 Å². The number of nitrogens with one attached hydrogen (secondary N) is 3. The summed E-state index contributed by atoms with van der Waals surface area (Å²) in [4.78, 5) is 47.1. The summed E-state index contributed by atoms with van der Waals surface area (Å²) in [5.41, 5.74) is 1.24. The number of aryl methyl sites for hydroxylation is 1. The normalized spacial score (nSPS) is 14.6. The number of aromatic carboxylic acids is 1. The van der Waals surface area contributed by atoms with Crippen molar-refractivity contribution in [2.45, 2.75) is 39.2 Å². The summed E-state index contributed by atoms with van der Waals surface area (Å²) in [6.45, 7) is 3.39. The van der Waals surface area contributed by atoms with Gasteiger partial charge in [-0.1, -0.05) is 30.3 Å². The molecule has 5 N–H and O–H groups in total. The summed E-state index contributed by atoms with van der Waals surface area (Å²) >= 11 is 0. The first kappa shape index (κ1) is 29.2. The lowest BCUT2D eigenvalue weighted by Crippen LogP contribution is -2.47. The SMILES string of the molecule is CC(=O)N[C@@H](Cc1ccc(C2=CC(=O)NS2(=O)=O)cc1)C(=O)NCCCCOc1c(C)ccc(O)c1C(=O)O. The number of carboxylic acids is 1. The Morgan fingerprint density at radius 2 is 1.77 bits per heavy atom. The van der Waals surface area contributed by atoms with Crippen LogP contribution in [0.3, 0.4) is 0 Å². The van der Waals surface area contributed by atoms with E-state index in [1.807, 2.05) is 4.72 Å².